The normalized spacial score (nSPS) is 23.4. The maximum absolute atomic E-state index is 11.4. The van der Waals surface area contributed by atoms with Crippen LogP contribution in [0.4, 0.5) is 0 Å². The Morgan fingerprint density at radius 1 is 1.32 bits per heavy atom. The van der Waals surface area contributed by atoms with E-state index >= 15 is 0 Å². The van der Waals surface area contributed by atoms with E-state index in [1.165, 1.54) is 11.3 Å². The van der Waals surface area contributed by atoms with Crippen molar-refractivity contribution in [3.63, 3.8) is 0 Å². The zero-order valence-corrected chi connectivity index (χ0v) is 14.2. The lowest BCUT2D eigenvalue weighted by atomic mass is 9.55. The Morgan fingerprint density at radius 3 is 2.92 bits per heavy atom. The molecule has 4 nitrogen and oxygen atoms in total. The van der Waals surface area contributed by atoms with Crippen molar-refractivity contribution >= 4 is 17.2 Å². The third kappa shape index (κ3) is 1.63. The van der Waals surface area contributed by atoms with Gasteiger partial charge in [0.05, 0.1) is 7.11 Å². The summed E-state index contributed by atoms with van der Waals surface area (Å²) in [6.45, 7) is 0. The Bertz CT molecular complexity index is 1050. The number of hydrogen-bond acceptors (Lipinski definition) is 3. The molecule has 1 N–H and O–H groups in total. The maximum Gasteiger partial charge on any atom is 0.150 e. The molecule has 0 saturated heterocycles. The Balaban J connectivity index is 1.83. The third-order valence-corrected chi connectivity index (χ3v) is 6.08. The first kappa shape index (κ1) is 14.7. The quantitative estimate of drug-likeness (QED) is 0.732. The second-order valence-electron chi connectivity index (χ2n) is 7.09. The molecular formula is C21H19NO3. The van der Waals surface area contributed by atoms with Crippen LogP contribution in [0, 0.1) is 0 Å². The Morgan fingerprint density at radius 2 is 2.16 bits per heavy atom. The largest absolute Gasteiger partial charge is 0.497 e. The number of aldehydes is 1. The lowest BCUT2D eigenvalue weighted by molar-refractivity contribution is -0.0222. The van der Waals surface area contributed by atoms with Crippen molar-refractivity contribution in [1.82, 2.24) is 4.57 Å². The molecule has 25 heavy (non-hydrogen) atoms. The van der Waals surface area contributed by atoms with Crippen molar-refractivity contribution in [1.29, 1.82) is 0 Å². The molecular weight excluding hydrogens is 314 g/mol. The van der Waals surface area contributed by atoms with Crippen LogP contribution < -0.4 is 4.74 Å². The molecule has 1 heterocycles. The van der Waals surface area contributed by atoms with Crippen LogP contribution in [0.3, 0.4) is 0 Å². The molecule has 0 amide bonds. The highest BCUT2D eigenvalue weighted by atomic mass is 16.5. The molecule has 0 spiro atoms. The fourth-order valence-electron chi connectivity index (χ4n) is 4.98. The monoisotopic (exact) mass is 333 g/mol. The molecule has 2 atom stereocenters. The van der Waals surface area contributed by atoms with Gasteiger partial charge in [-0.1, -0.05) is 18.2 Å². The van der Waals surface area contributed by atoms with Gasteiger partial charge in [-0.2, -0.15) is 0 Å². The van der Waals surface area contributed by atoms with E-state index in [1.54, 1.807) is 13.2 Å². The summed E-state index contributed by atoms with van der Waals surface area (Å²) in [5.74, 6) is 0.734. The van der Waals surface area contributed by atoms with Gasteiger partial charge in [-0.3, -0.25) is 4.79 Å². The van der Waals surface area contributed by atoms with Crippen LogP contribution in [0.2, 0.25) is 0 Å². The topological polar surface area (TPSA) is 51.5 Å². The van der Waals surface area contributed by atoms with E-state index in [-0.39, 0.29) is 5.92 Å². The smallest absolute Gasteiger partial charge is 0.150 e. The second kappa shape index (κ2) is 4.73. The number of hydrogen-bond donors (Lipinski definition) is 1. The summed E-state index contributed by atoms with van der Waals surface area (Å²) in [5.41, 5.74) is 5.15. The lowest BCUT2D eigenvalue weighted by Gasteiger charge is -2.51. The van der Waals surface area contributed by atoms with Crippen molar-refractivity contribution in [2.75, 3.05) is 7.11 Å². The Hall–Kier alpha value is -2.59. The molecule has 0 fully saturated rings. The number of fused-ring (bicyclic) bond motifs is 8. The van der Waals surface area contributed by atoms with Crippen molar-refractivity contribution in [2.24, 2.45) is 7.05 Å². The summed E-state index contributed by atoms with van der Waals surface area (Å²) in [4.78, 5) is 11.4. The molecule has 5 rings (SSSR count). The van der Waals surface area contributed by atoms with Crippen LogP contribution >= 0.6 is 0 Å². The van der Waals surface area contributed by atoms with Crippen LogP contribution in [-0.2, 0) is 19.1 Å². The van der Waals surface area contributed by atoms with Gasteiger partial charge in [-0.05, 0) is 47.7 Å². The summed E-state index contributed by atoms with van der Waals surface area (Å²) in [7, 11) is 3.75. The van der Waals surface area contributed by atoms with Crippen molar-refractivity contribution in [3.05, 3.63) is 64.3 Å². The molecule has 0 saturated carbocycles. The first-order valence-corrected chi connectivity index (χ1v) is 8.56. The number of ether oxygens (including phenoxy) is 1. The molecule has 0 unspecified atom stereocenters. The van der Waals surface area contributed by atoms with E-state index in [0.717, 1.165) is 40.5 Å². The highest BCUT2D eigenvalue weighted by Gasteiger charge is 2.56. The number of methoxy groups -OCH3 is 1. The highest BCUT2D eigenvalue weighted by Crippen LogP contribution is 2.61. The second-order valence-corrected chi connectivity index (χ2v) is 7.09. The molecule has 2 aliphatic rings. The SMILES string of the molecule is COc1ccc2c(c1)c1c(n2C)CC[C@@]2(O)c3c(C=O)cccc3[C@@H]12. The summed E-state index contributed by atoms with van der Waals surface area (Å²) < 4.78 is 7.64. The van der Waals surface area contributed by atoms with Gasteiger partial charge in [-0.15, -0.1) is 0 Å². The van der Waals surface area contributed by atoms with Crippen LogP contribution in [0.5, 0.6) is 5.75 Å². The third-order valence-electron chi connectivity index (χ3n) is 6.08. The number of carbonyl (C=O) groups excluding carboxylic acids is 1. The number of benzene rings is 2. The minimum Gasteiger partial charge on any atom is -0.497 e. The molecule has 126 valence electrons. The summed E-state index contributed by atoms with van der Waals surface area (Å²) in [5, 5.41) is 12.6. The zero-order chi connectivity index (χ0) is 17.3. The van der Waals surface area contributed by atoms with Gasteiger partial charge in [0.2, 0.25) is 0 Å². The fraction of sp³-hybridized carbons (Fsp3) is 0.286. The number of aliphatic hydroxyl groups is 1. The van der Waals surface area contributed by atoms with Gasteiger partial charge in [0.1, 0.15) is 17.6 Å². The fourth-order valence-corrected chi connectivity index (χ4v) is 4.98. The van der Waals surface area contributed by atoms with E-state index in [9.17, 15) is 9.90 Å². The van der Waals surface area contributed by atoms with Gasteiger partial charge in [0.15, 0.2) is 0 Å². The van der Waals surface area contributed by atoms with Crippen molar-refractivity contribution in [2.45, 2.75) is 24.4 Å². The Labute approximate surface area is 145 Å². The van der Waals surface area contributed by atoms with E-state index < -0.39 is 5.60 Å². The van der Waals surface area contributed by atoms with Crippen LogP contribution in [0.25, 0.3) is 10.9 Å². The predicted octanol–water partition coefficient (Wildman–Crippen LogP) is 3.28. The number of aromatic nitrogens is 1. The lowest BCUT2D eigenvalue weighted by Crippen LogP contribution is -2.48. The van der Waals surface area contributed by atoms with Gasteiger partial charge >= 0.3 is 0 Å². The zero-order valence-electron chi connectivity index (χ0n) is 14.2. The summed E-state index contributed by atoms with van der Waals surface area (Å²) in [6, 6.07) is 11.8. The van der Waals surface area contributed by atoms with E-state index in [1.807, 2.05) is 18.2 Å². The molecule has 2 aliphatic carbocycles. The first-order chi connectivity index (χ1) is 12.1. The standard InChI is InChI=1S/C21H19NO3/c1-22-16-7-6-13(25-2)10-15(16)18-17(22)8-9-21(24)19-12(11-23)4-3-5-14(19)20(18)21/h3-7,10-11,20,24H,8-9H2,1-2H3/t20-,21+/m0/s1. The van der Waals surface area contributed by atoms with Crippen LogP contribution in [0.15, 0.2) is 36.4 Å². The maximum atomic E-state index is 11.4. The number of nitrogens with zero attached hydrogens (tertiary/aromatic N) is 1. The predicted molar refractivity (Wildman–Crippen MR) is 95.4 cm³/mol. The van der Waals surface area contributed by atoms with Crippen molar-refractivity contribution < 1.29 is 14.6 Å². The molecule has 2 aromatic carbocycles. The molecule has 0 bridgehead atoms. The number of rotatable bonds is 2. The van der Waals surface area contributed by atoms with Crippen LogP contribution in [0.1, 0.15) is 45.1 Å². The summed E-state index contributed by atoms with van der Waals surface area (Å²) in [6.07, 6.45) is 2.29. The molecule has 1 aromatic heterocycles. The van der Waals surface area contributed by atoms with Gasteiger partial charge < -0.3 is 14.4 Å². The van der Waals surface area contributed by atoms with Gasteiger partial charge in [0, 0.05) is 35.1 Å². The van der Waals surface area contributed by atoms with E-state index in [4.69, 9.17) is 4.74 Å². The molecule has 4 heteroatoms. The van der Waals surface area contributed by atoms with E-state index in [0.29, 0.717) is 12.0 Å². The van der Waals surface area contributed by atoms with Gasteiger partial charge in [-0.25, -0.2) is 0 Å². The number of carbonyl (C=O) groups is 1. The minimum atomic E-state index is -0.947. The average molecular weight is 333 g/mol. The molecule has 0 aliphatic heterocycles. The molecule has 3 aromatic rings. The summed E-state index contributed by atoms with van der Waals surface area (Å²) >= 11 is 0. The van der Waals surface area contributed by atoms with Crippen molar-refractivity contribution in [3.8, 4) is 5.75 Å². The average Bonchev–Trinajstić information content (AvgIpc) is 2.91. The molecule has 0 radical (unpaired) electrons. The minimum absolute atomic E-state index is 0.0815. The highest BCUT2D eigenvalue weighted by molar-refractivity contribution is 5.90. The first-order valence-electron chi connectivity index (χ1n) is 8.56. The Kier molecular flexibility index (Phi) is 2.79. The van der Waals surface area contributed by atoms with Gasteiger partial charge in [0.25, 0.3) is 0 Å². The van der Waals surface area contributed by atoms with Crippen LogP contribution in [-0.4, -0.2) is 23.1 Å². The van der Waals surface area contributed by atoms with E-state index in [2.05, 4.69) is 23.7 Å². The number of aryl methyl sites for hydroxylation is 1.